The Hall–Kier alpha value is -1.60. The summed E-state index contributed by atoms with van der Waals surface area (Å²) < 4.78 is 5.76. The van der Waals surface area contributed by atoms with Crippen molar-refractivity contribution in [2.24, 2.45) is 10.9 Å². The van der Waals surface area contributed by atoms with Crippen LogP contribution in [-0.4, -0.2) is 84.0 Å². The minimum absolute atomic E-state index is 0.662. The van der Waals surface area contributed by atoms with Crippen LogP contribution in [0.3, 0.4) is 0 Å². The minimum atomic E-state index is 0.662. The Kier molecular flexibility index (Phi) is 8.57. The van der Waals surface area contributed by atoms with Crippen molar-refractivity contribution in [2.45, 2.75) is 66.5 Å². The van der Waals surface area contributed by atoms with Gasteiger partial charge in [-0.3, -0.25) is 14.8 Å². The fourth-order valence-electron chi connectivity index (χ4n) is 4.74. The number of piperidine rings is 1. The molecule has 170 valence electrons. The van der Waals surface area contributed by atoms with E-state index in [1.54, 1.807) is 0 Å². The van der Waals surface area contributed by atoms with Gasteiger partial charge in [0, 0.05) is 32.2 Å². The van der Waals surface area contributed by atoms with Gasteiger partial charge in [-0.05, 0) is 72.1 Å². The highest BCUT2D eigenvalue weighted by Crippen LogP contribution is 2.21. The zero-order valence-corrected chi connectivity index (χ0v) is 19.8. The molecule has 1 N–H and O–H groups in total. The van der Waals surface area contributed by atoms with Crippen molar-refractivity contribution in [3.8, 4) is 0 Å². The van der Waals surface area contributed by atoms with Crippen molar-refractivity contribution >= 4 is 5.96 Å². The predicted octanol–water partition coefficient (Wildman–Crippen LogP) is 2.89. The molecule has 0 aliphatic carbocycles. The standard InChI is InChI=1S/C23H42N6O/c1-6-24-23(29-14-11-21(16-29)28(7-2)8-3)25-15-20-9-12-27(13-10-20)17-22-26-18(4)19(5)30-22/h20-21H,6-17H2,1-5H3,(H,24,25). The van der Waals surface area contributed by atoms with Gasteiger partial charge in [-0.15, -0.1) is 0 Å². The third-order valence-electron chi connectivity index (χ3n) is 6.76. The van der Waals surface area contributed by atoms with Crippen LogP contribution >= 0.6 is 0 Å². The lowest BCUT2D eigenvalue weighted by Crippen LogP contribution is -2.43. The lowest BCUT2D eigenvalue weighted by molar-refractivity contribution is 0.166. The summed E-state index contributed by atoms with van der Waals surface area (Å²) in [7, 11) is 0. The molecule has 2 fully saturated rings. The maximum atomic E-state index is 5.76. The molecule has 0 bridgehead atoms. The van der Waals surface area contributed by atoms with Crippen LogP contribution < -0.4 is 5.32 Å². The van der Waals surface area contributed by atoms with Crippen molar-refractivity contribution in [3.05, 3.63) is 17.3 Å². The van der Waals surface area contributed by atoms with Crippen LogP contribution in [0.15, 0.2) is 9.41 Å². The smallest absolute Gasteiger partial charge is 0.208 e. The number of likely N-dealkylation sites (tertiary alicyclic amines) is 2. The van der Waals surface area contributed by atoms with Gasteiger partial charge in [0.1, 0.15) is 5.76 Å². The van der Waals surface area contributed by atoms with E-state index >= 15 is 0 Å². The van der Waals surface area contributed by atoms with Crippen molar-refractivity contribution in [2.75, 3.05) is 52.4 Å². The highest BCUT2D eigenvalue weighted by Gasteiger charge is 2.28. The van der Waals surface area contributed by atoms with Gasteiger partial charge in [-0.25, -0.2) is 4.98 Å². The van der Waals surface area contributed by atoms with E-state index in [9.17, 15) is 0 Å². The molecule has 7 heteroatoms. The molecule has 0 aromatic carbocycles. The molecular weight excluding hydrogens is 376 g/mol. The van der Waals surface area contributed by atoms with E-state index in [1.807, 2.05) is 13.8 Å². The molecule has 1 unspecified atom stereocenters. The second-order valence-corrected chi connectivity index (χ2v) is 8.77. The number of guanidine groups is 1. The molecule has 1 aromatic rings. The second kappa shape index (κ2) is 11.1. The zero-order chi connectivity index (χ0) is 21.5. The normalized spacial score (nSPS) is 21.7. The first-order valence-corrected chi connectivity index (χ1v) is 12.0. The minimum Gasteiger partial charge on any atom is -0.444 e. The molecule has 3 rings (SSSR count). The van der Waals surface area contributed by atoms with E-state index < -0.39 is 0 Å². The molecule has 3 heterocycles. The molecule has 1 atom stereocenters. The lowest BCUT2D eigenvalue weighted by atomic mass is 9.97. The molecule has 0 saturated carbocycles. The molecule has 2 saturated heterocycles. The van der Waals surface area contributed by atoms with Crippen molar-refractivity contribution < 1.29 is 4.42 Å². The summed E-state index contributed by atoms with van der Waals surface area (Å²) in [4.78, 5) is 17.1. The number of aliphatic imine (C=N–C) groups is 1. The molecule has 2 aliphatic heterocycles. The Bertz CT molecular complexity index is 656. The van der Waals surface area contributed by atoms with E-state index in [-0.39, 0.29) is 0 Å². The highest BCUT2D eigenvalue weighted by molar-refractivity contribution is 5.80. The molecule has 2 aliphatic rings. The summed E-state index contributed by atoms with van der Waals surface area (Å²) in [5, 5.41) is 3.54. The first-order chi connectivity index (χ1) is 14.5. The average molecular weight is 419 g/mol. The van der Waals surface area contributed by atoms with Crippen LogP contribution in [0, 0.1) is 19.8 Å². The molecule has 1 aromatic heterocycles. The van der Waals surface area contributed by atoms with Gasteiger partial charge in [-0.1, -0.05) is 13.8 Å². The summed E-state index contributed by atoms with van der Waals surface area (Å²) in [6.45, 7) is 20.1. The predicted molar refractivity (Wildman–Crippen MR) is 123 cm³/mol. The van der Waals surface area contributed by atoms with E-state index in [0.29, 0.717) is 12.0 Å². The number of nitrogens with one attached hydrogen (secondary N) is 1. The van der Waals surface area contributed by atoms with Gasteiger partial charge < -0.3 is 14.6 Å². The number of oxazole rings is 1. The maximum absolute atomic E-state index is 5.76. The Morgan fingerprint density at radius 2 is 1.87 bits per heavy atom. The van der Waals surface area contributed by atoms with Gasteiger partial charge in [0.25, 0.3) is 0 Å². The van der Waals surface area contributed by atoms with Gasteiger partial charge >= 0.3 is 0 Å². The van der Waals surface area contributed by atoms with Crippen molar-refractivity contribution in [3.63, 3.8) is 0 Å². The Labute approximate surface area is 182 Å². The molecule has 30 heavy (non-hydrogen) atoms. The first-order valence-electron chi connectivity index (χ1n) is 12.0. The van der Waals surface area contributed by atoms with Crippen LogP contribution in [-0.2, 0) is 6.54 Å². The van der Waals surface area contributed by atoms with Crippen LogP contribution in [0.1, 0.15) is 57.4 Å². The number of likely N-dealkylation sites (N-methyl/N-ethyl adjacent to an activating group) is 1. The van der Waals surface area contributed by atoms with Crippen LogP contribution in [0.4, 0.5) is 0 Å². The number of aryl methyl sites for hydroxylation is 2. The molecule has 7 nitrogen and oxygen atoms in total. The topological polar surface area (TPSA) is 60.1 Å². The number of hydrogen-bond donors (Lipinski definition) is 1. The largest absolute Gasteiger partial charge is 0.444 e. The lowest BCUT2D eigenvalue weighted by Gasteiger charge is -2.31. The van der Waals surface area contributed by atoms with Crippen molar-refractivity contribution in [1.82, 2.24) is 25.0 Å². The van der Waals surface area contributed by atoms with Crippen LogP contribution in [0.2, 0.25) is 0 Å². The number of hydrogen-bond acceptors (Lipinski definition) is 5. The van der Waals surface area contributed by atoms with E-state index in [2.05, 4.69) is 45.8 Å². The summed E-state index contributed by atoms with van der Waals surface area (Å²) >= 11 is 0. The van der Waals surface area contributed by atoms with Crippen molar-refractivity contribution in [1.29, 1.82) is 0 Å². The number of nitrogens with zero attached hydrogens (tertiary/aromatic N) is 5. The first kappa shape index (κ1) is 23.1. The highest BCUT2D eigenvalue weighted by atomic mass is 16.4. The van der Waals surface area contributed by atoms with E-state index in [0.717, 1.165) is 82.2 Å². The van der Waals surface area contributed by atoms with Gasteiger partial charge in [-0.2, -0.15) is 0 Å². The van der Waals surface area contributed by atoms with Gasteiger partial charge in [0.2, 0.25) is 5.89 Å². The SMILES string of the molecule is CCNC(=NCC1CCN(Cc2nc(C)c(C)o2)CC1)N1CCC(N(CC)CC)C1. The third-order valence-corrected chi connectivity index (χ3v) is 6.76. The van der Waals surface area contributed by atoms with Crippen LogP contribution in [0.5, 0.6) is 0 Å². The third kappa shape index (κ3) is 5.97. The summed E-state index contributed by atoms with van der Waals surface area (Å²) in [5.74, 6) is 3.58. The zero-order valence-electron chi connectivity index (χ0n) is 19.8. The van der Waals surface area contributed by atoms with Gasteiger partial charge in [0.05, 0.1) is 12.2 Å². The summed E-state index contributed by atoms with van der Waals surface area (Å²) in [6, 6.07) is 0.662. The Morgan fingerprint density at radius 3 is 2.47 bits per heavy atom. The van der Waals surface area contributed by atoms with Crippen LogP contribution in [0.25, 0.3) is 0 Å². The monoisotopic (exact) mass is 418 g/mol. The van der Waals surface area contributed by atoms with E-state index in [4.69, 9.17) is 9.41 Å². The molecule has 0 spiro atoms. The van der Waals surface area contributed by atoms with E-state index in [1.165, 1.54) is 19.3 Å². The molecule has 0 amide bonds. The summed E-state index contributed by atoms with van der Waals surface area (Å²) in [5.41, 5.74) is 1.01. The Morgan fingerprint density at radius 1 is 1.13 bits per heavy atom. The summed E-state index contributed by atoms with van der Waals surface area (Å²) in [6.07, 6.45) is 3.64. The Balaban J connectivity index is 1.47. The number of rotatable bonds is 8. The average Bonchev–Trinajstić information content (AvgIpc) is 3.34. The quantitative estimate of drug-likeness (QED) is 0.517. The number of aromatic nitrogens is 1. The maximum Gasteiger partial charge on any atom is 0.208 e. The fourth-order valence-corrected chi connectivity index (χ4v) is 4.74. The molecule has 0 radical (unpaired) electrons. The fraction of sp³-hybridized carbons (Fsp3) is 0.826. The molecular formula is C23H42N6O. The second-order valence-electron chi connectivity index (χ2n) is 8.77. The van der Waals surface area contributed by atoms with Gasteiger partial charge in [0.15, 0.2) is 5.96 Å².